The van der Waals surface area contributed by atoms with E-state index in [-0.39, 0.29) is 6.29 Å². The molecular formula is C20H30O5. The van der Waals surface area contributed by atoms with Crippen LogP contribution in [-0.4, -0.2) is 23.5 Å². The molecule has 0 bridgehead atoms. The Labute approximate surface area is 149 Å². The first-order valence-electron chi connectivity index (χ1n) is 9.64. The monoisotopic (exact) mass is 350 g/mol. The molecule has 3 fully saturated rings. The molecule has 5 heteroatoms. The summed E-state index contributed by atoms with van der Waals surface area (Å²) < 4.78 is 23.7. The molecule has 5 unspecified atom stereocenters. The molecule has 0 amide bonds. The molecule has 25 heavy (non-hydrogen) atoms. The molecule has 0 aromatic carbocycles. The Kier molecular flexibility index (Phi) is 4.69. The topological polar surface area (TPSA) is 61.1 Å². The summed E-state index contributed by atoms with van der Waals surface area (Å²) >= 11 is 0. The van der Waals surface area contributed by atoms with Gasteiger partial charge < -0.3 is 23.7 Å². The van der Waals surface area contributed by atoms with Crippen molar-refractivity contribution in [3.05, 3.63) is 24.2 Å². The van der Waals surface area contributed by atoms with Crippen molar-refractivity contribution in [2.24, 2.45) is 29.6 Å². The lowest BCUT2D eigenvalue weighted by molar-refractivity contribution is -0.372. The molecule has 1 aromatic heterocycles. The minimum absolute atomic E-state index is 0.304. The summed E-state index contributed by atoms with van der Waals surface area (Å²) in [5.41, 5.74) is 0. The first-order valence-corrected chi connectivity index (χ1v) is 9.64. The summed E-state index contributed by atoms with van der Waals surface area (Å²) in [5.74, 6) is 2.02. The number of hydrogen-bond donors (Lipinski definition) is 1. The summed E-state index contributed by atoms with van der Waals surface area (Å²) in [4.78, 5) is 0. The van der Waals surface area contributed by atoms with Gasteiger partial charge in [-0.05, 0) is 49.7 Å². The Hall–Kier alpha value is -0.880. The summed E-state index contributed by atoms with van der Waals surface area (Å²) in [5, 5.41) is 10.6. The molecule has 0 spiro atoms. The van der Waals surface area contributed by atoms with Crippen LogP contribution in [0.25, 0.3) is 0 Å². The predicted molar refractivity (Wildman–Crippen MR) is 91.1 cm³/mol. The highest BCUT2D eigenvalue weighted by atomic mass is 16.8. The van der Waals surface area contributed by atoms with Crippen molar-refractivity contribution in [2.75, 3.05) is 0 Å². The van der Waals surface area contributed by atoms with Crippen LogP contribution in [-0.2, 0) is 20.8 Å². The summed E-state index contributed by atoms with van der Waals surface area (Å²) in [6, 6.07) is 3.76. The van der Waals surface area contributed by atoms with Crippen LogP contribution in [0.15, 0.2) is 22.8 Å². The second-order valence-electron chi connectivity index (χ2n) is 8.41. The average Bonchev–Trinajstić information content (AvgIpc) is 3.03. The van der Waals surface area contributed by atoms with E-state index in [0.29, 0.717) is 42.6 Å². The summed E-state index contributed by atoms with van der Waals surface area (Å²) in [7, 11) is 0. The number of rotatable bonds is 3. The van der Waals surface area contributed by atoms with Crippen LogP contribution in [0, 0.1) is 29.6 Å². The molecule has 140 valence electrons. The highest BCUT2D eigenvalue weighted by molar-refractivity contribution is 4.98. The lowest BCUT2D eigenvalue weighted by atomic mass is 9.61. The van der Waals surface area contributed by atoms with E-state index in [9.17, 15) is 5.11 Å². The molecular weight excluding hydrogens is 320 g/mol. The van der Waals surface area contributed by atoms with E-state index >= 15 is 0 Å². The van der Waals surface area contributed by atoms with Crippen molar-refractivity contribution in [2.45, 2.75) is 71.4 Å². The minimum Gasteiger partial charge on any atom is -0.467 e. The van der Waals surface area contributed by atoms with Gasteiger partial charge in [0.15, 0.2) is 18.4 Å². The molecule has 4 rings (SSSR count). The van der Waals surface area contributed by atoms with Gasteiger partial charge in [0, 0.05) is 18.3 Å². The average molecular weight is 350 g/mol. The van der Waals surface area contributed by atoms with Crippen LogP contribution in [0.3, 0.4) is 0 Å². The normalized spacial score (nSPS) is 47.1. The van der Waals surface area contributed by atoms with Crippen molar-refractivity contribution >= 4 is 0 Å². The lowest BCUT2D eigenvalue weighted by Crippen LogP contribution is -2.54. The Morgan fingerprint density at radius 1 is 1.24 bits per heavy atom. The maximum atomic E-state index is 10.6. The zero-order chi connectivity index (χ0) is 17.6. The van der Waals surface area contributed by atoms with Crippen molar-refractivity contribution in [3.63, 3.8) is 0 Å². The Bertz CT molecular complexity index is 569. The van der Waals surface area contributed by atoms with Crippen LogP contribution in [0.2, 0.25) is 0 Å². The van der Waals surface area contributed by atoms with Crippen LogP contribution >= 0.6 is 0 Å². The van der Waals surface area contributed by atoms with Crippen molar-refractivity contribution in [1.82, 2.24) is 0 Å². The van der Waals surface area contributed by atoms with Crippen LogP contribution in [0.4, 0.5) is 0 Å². The Morgan fingerprint density at radius 3 is 2.84 bits per heavy atom. The van der Waals surface area contributed by atoms with Gasteiger partial charge in [0.05, 0.1) is 6.26 Å². The van der Waals surface area contributed by atoms with Gasteiger partial charge in [0.1, 0.15) is 12.4 Å². The zero-order valence-electron chi connectivity index (χ0n) is 15.4. The zero-order valence-corrected chi connectivity index (χ0v) is 15.4. The number of ether oxygens (including phenoxy) is 3. The molecule has 1 saturated carbocycles. The molecule has 1 aromatic rings. The van der Waals surface area contributed by atoms with Crippen LogP contribution < -0.4 is 0 Å². The standard InChI is InChI=1S/C20H30O5/c1-12-6-7-16-13(2)18(23-11-14-5-4-10-22-14)24-19-17(16)15(12)8-9-20(3,21)25-19/h4-5,10,12-13,15-19,21H,6-9,11H2,1-3H3/t12-,13-,15?,16?,17?,18?,19-,20?/m1/s1. The fourth-order valence-electron chi connectivity index (χ4n) is 5.20. The molecule has 8 atom stereocenters. The van der Waals surface area contributed by atoms with Crippen molar-refractivity contribution in [1.29, 1.82) is 0 Å². The molecule has 5 nitrogen and oxygen atoms in total. The number of furan rings is 1. The van der Waals surface area contributed by atoms with Crippen molar-refractivity contribution in [3.8, 4) is 0 Å². The molecule has 3 aliphatic rings. The van der Waals surface area contributed by atoms with E-state index in [1.54, 1.807) is 13.2 Å². The summed E-state index contributed by atoms with van der Waals surface area (Å²) in [6.45, 7) is 6.71. The Morgan fingerprint density at radius 2 is 2.08 bits per heavy atom. The molecule has 1 aliphatic carbocycles. The first-order chi connectivity index (χ1) is 11.9. The fraction of sp³-hybridized carbons (Fsp3) is 0.800. The third-order valence-electron chi connectivity index (χ3n) is 6.64. The highest BCUT2D eigenvalue weighted by Crippen LogP contribution is 2.53. The minimum atomic E-state index is -1.13. The van der Waals surface area contributed by atoms with E-state index in [0.717, 1.165) is 12.2 Å². The quantitative estimate of drug-likeness (QED) is 0.895. The van der Waals surface area contributed by atoms with E-state index in [4.69, 9.17) is 18.6 Å². The van der Waals surface area contributed by atoms with Crippen LogP contribution in [0.1, 0.15) is 52.2 Å². The molecule has 1 N–H and O–H groups in total. The van der Waals surface area contributed by atoms with E-state index in [1.807, 2.05) is 12.1 Å². The van der Waals surface area contributed by atoms with Gasteiger partial charge in [-0.2, -0.15) is 0 Å². The van der Waals surface area contributed by atoms with Gasteiger partial charge in [-0.3, -0.25) is 0 Å². The van der Waals surface area contributed by atoms with Gasteiger partial charge in [-0.1, -0.05) is 20.3 Å². The molecule has 0 radical (unpaired) electrons. The maximum Gasteiger partial charge on any atom is 0.167 e. The van der Waals surface area contributed by atoms with E-state index in [2.05, 4.69) is 13.8 Å². The van der Waals surface area contributed by atoms with Gasteiger partial charge in [-0.25, -0.2) is 0 Å². The second kappa shape index (κ2) is 6.69. The smallest absolute Gasteiger partial charge is 0.167 e. The van der Waals surface area contributed by atoms with Gasteiger partial charge in [0.25, 0.3) is 0 Å². The molecule has 3 heterocycles. The highest BCUT2D eigenvalue weighted by Gasteiger charge is 2.54. The SMILES string of the molecule is C[C@H]1C(OCc2ccco2)O[C@@H]2OC(C)(O)CCC3C2C1CC[C@H]3C. The maximum absolute atomic E-state index is 10.6. The largest absolute Gasteiger partial charge is 0.467 e. The second-order valence-corrected chi connectivity index (χ2v) is 8.41. The van der Waals surface area contributed by atoms with Crippen LogP contribution in [0.5, 0.6) is 0 Å². The Balaban J connectivity index is 1.54. The van der Waals surface area contributed by atoms with E-state index in [1.165, 1.54) is 12.8 Å². The first kappa shape index (κ1) is 17.5. The summed E-state index contributed by atoms with van der Waals surface area (Å²) in [6.07, 6.45) is 4.99. The number of hydrogen-bond acceptors (Lipinski definition) is 5. The molecule has 2 saturated heterocycles. The molecule has 2 aliphatic heterocycles. The van der Waals surface area contributed by atoms with Crippen molar-refractivity contribution < 1.29 is 23.7 Å². The van der Waals surface area contributed by atoms with Gasteiger partial charge in [0.2, 0.25) is 0 Å². The third-order valence-corrected chi connectivity index (χ3v) is 6.64. The van der Waals surface area contributed by atoms with E-state index < -0.39 is 12.1 Å². The lowest BCUT2D eigenvalue weighted by Gasteiger charge is -2.51. The van der Waals surface area contributed by atoms with Gasteiger partial charge in [-0.15, -0.1) is 0 Å². The predicted octanol–water partition coefficient (Wildman–Crippen LogP) is 3.91. The number of aliphatic hydroxyl groups is 1. The van der Waals surface area contributed by atoms with Gasteiger partial charge >= 0.3 is 0 Å². The fourth-order valence-corrected chi connectivity index (χ4v) is 5.20. The third kappa shape index (κ3) is 3.39.